The van der Waals surface area contributed by atoms with Crippen molar-refractivity contribution in [1.82, 2.24) is 9.88 Å². The third-order valence-corrected chi connectivity index (χ3v) is 5.39. The summed E-state index contributed by atoms with van der Waals surface area (Å²) in [6, 6.07) is 1.94. The van der Waals surface area contributed by atoms with Gasteiger partial charge in [-0.05, 0) is 27.0 Å². The van der Waals surface area contributed by atoms with Gasteiger partial charge in [0.05, 0.1) is 11.3 Å². The topological polar surface area (TPSA) is 45.2 Å². The largest absolute Gasteiger partial charge is 0.301 e. The van der Waals surface area contributed by atoms with Crippen LogP contribution in [0.4, 0.5) is 5.13 Å². The number of hydrogen-bond donors (Lipinski definition) is 1. The number of rotatable bonds is 2. The van der Waals surface area contributed by atoms with Crippen LogP contribution in [0, 0.1) is 13.8 Å². The summed E-state index contributed by atoms with van der Waals surface area (Å²) in [4.78, 5) is 22.6. The van der Waals surface area contributed by atoms with Crippen molar-refractivity contribution in [3.8, 4) is 0 Å². The fraction of sp³-hybridized carbons (Fsp3) is 0.429. The van der Waals surface area contributed by atoms with Gasteiger partial charge in [-0.25, -0.2) is 4.98 Å². The van der Waals surface area contributed by atoms with Crippen LogP contribution in [-0.4, -0.2) is 29.4 Å². The van der Waals surface area contributed by atoms with Crippen molar-refractivity contribution in [1.29, 1.82) is 0 Å². The van der Waals surface area contributed by atoms with Crippen LogP contribution in [-0.2, 0) is 13.0 Å². The van der Waals surface area contributed by atoms with Gasteiger partial charge in [0.2, 0.25) is 0 Å². The molecular formula is C14H17N3OS2. The molecule has 4 nitrogen and oxygen atoms in total. The molecule has 6 heteroatoms. The predicted molar refractivity (Wildman–Crippen MR) is 83.9 cm³/mol. The molecule has 0 unspecified atom stereocenters. The Labute approximate surface area is 126 Å². The number of carbonyl (C=O) groups is 1. The molecule has 20 heavy (non-hydrogen) atoms. The van der Waals surface area contributed by atoms with E-state index in [-0.39, 0.29) is 5.91 Å². The second kappa shape index (κ2) is 5.27. The predicted octanol–water partition coefficient (Wildman–Crippen LogP) is 3.06. The minimum atomic E-state index is -0.0497. The van der Waals surface area contributed by atoms with Crippen LogP contribution < -0.4 is 5.32 Å². The Balaban J connectivity index is 1.78. The lowest BCUT2D eigenvalue weighted by Gasteiger charge is -2.20. The SMILES string of the molecule is Cc1cc(C(=O)Nc2nc3c(s2)CN(C)CC3)c(C)s1. The third-order valence-electron chi connectivity index (χ3n) is 3.43. The van der Waals surface area contributed by atoms with E-state index >= 15 is 0 Å². The number of likely N-dealkylation sites (N-methyl/N-ethyl adjacent to an activating group) is 1. The van der Waals surface area contributed by atoms with Crippen LogP contribution >= 0.6 is 22.7 Å². The van der Waals surface area contributed by atoms with Crippen LogP contribution in [0.15, 0.2) is 6.07 Å². The summed E-state index contributed by atoms with van der Waals surface area (Å²) in [5.74, 6) is -0.0497. The Hall–Kier alpha value is -1.24. The van der Waals surface area contributed by atoms with Gasteiger partial charge < -0.3 is 4.90 Å². The molecule has 3 heterocycles. The van der Waals surface area contributed by atoms with E-state index in [4.69, 9.17) is 0 Å². The Bertz CT molecular complexity index is 659. The van der Waals surface area contributed by atoms with Crippen molar-refractivity contribution in [2.45, 2.75) is 26.8 Å². The Kier molecular flexibility index (Phi) is 3.62. The second-order valence-corrected chi connectivity index (χ2v) is 7.70. The molecule has 1 aliphatic heterocycles. The molecule has 2 aromatic heterocycles. The number of aryl methyl sites for hydroxylation is 2. The monoisotopic (exact) mass is 307 g/mol. The number of nitrogens with zero attached hydrogens (tertiary/aromatic N) is 2. The van der Waals surface area contributed by atoms with Gasteiger partial charge in [-0.3, -0.25) is 10.1 Å². The smallest absolute Gasteiger partial charge is 0.258 e. The number of carbonyl (C=O) groups excluding carboxylic acids is 1. The maximum atomic E-state index is 12.3. The zero-order valence-corrected chi connectivity index (χ0v) is 13.5. The van der Waals surface area contributed by atoms with Gasteiger partial charge in [0, 0.05) is 34.1 Å². The quantitative estimate of drug-likeness (QED) is 0.927. The van der Waals surface area contributed by atoms with Crippen LogP contribution in [0.3, 0.4) is 0 Å². The lowest BCUT2D eigenvalue weighted by atomic mass is 10.2. The zero-order valence-electron chi connectivity index (χ0n) is 11.8. The summed E-state index contributed by atoms with van der Waals surface area (Å²) >= 11 is 3.24. The molecule has 3 rings (SSSR count). The molecule has 0 bridgehead atoms. The van der Waals surface area contributed by atoms with Crippen molar-refractivity contribution < 1.29 is 4.79 Å². The van der Waals surface area contributed by atoms with Gasteiger partial charge in [-0.15, -0.1) is 22.7 Å². The van der Waals surface area contributed by atoms with E-state index in [2.05, 4.69) is 22.2 Å². The first-order chi connectivity index (χ1) is 9.52. The van der Waals surface area contributed by atoms with E-state index in [0.717, 1.165) is 45.7 Å². The summed E-state index contributed by atoms with van der Waals surface area (Å²) in [5, 5.41) is 3.66. The summed E-state index contributed by atoms with van der Waals surface area (Å²) in [6.07, 6.45) is 0.967. The maximum absolute atomic E-state index is 12.3. The van der Waals surface area contributed by atoms with Crippen LogP contribution in [0.1, 0.15) is 30.7 Å². The molecule has 106 valence electrons. The molecular weight excluding hydrogens is 290 g/mol. The minimum absolute atomic E-state index is 0.0497. The average molecular weight is 307 g/mol. The molecule has 1 amide bonds. The Morgan fingerprint density at radius 2 is 2.20 bits per heavy atom. The summed E-state index contributed by atoms with van der Waals surface area (Å²) < 4.78 is 0. The second-order valence-electron chi connectivity index (χ2n) is 5.16. The third kappa shape index (κ3) is 2.63. The average Bonchev–Trinajstić information content (AvgIpc) is 2.91. The van der Waals surface area contributed by atoms with E-state index in [1.807, 2.05) is 19.9 Å². The molecule has 0 spiro atoms. The summed E-state index contributed by atoms with van der Waals surface area (Å²) in [7, 11) is 2.11. The number of thiophene rings is 1. The van der Waals surface area contributed by atoms with Crippen molar-refractivity contribution in [3.63, 3.8) is 0 Å². The maximum Gasteiger partial charge on any atom is 0.258 e. The van der Waals surface area contributed by atoms with E-state index < -0.39 is 0 Å². The van der Waals surface area contributed by atoms with E-state index in [1.54, 1.807) is 22.7 Å². The highest BCUT2D eigenvalue weighted by Crippen LogP contribution is 2.29. The zero-order chi connectivity index (χ0) is 14.3. The van der Waals surface area contributed by atoms with Gasteiger partial charge in [0.1, 0.15) is 0 Å². The van der Waals surface area contributed by atoms with E-state index in [0.29, 0.717) is 0 Å². The van der Waals surface area contributed by atoms with Gasteiger partial charge in [0.25, 0.3) is 5.91 Å². The number of hydrogen-bond acceptors (Lipinski definition) is 5. The van der Waals surface area contributed by atoms with Crippen LogP contribution in [0.25, 0.3) is 0 Å². The molecule has 0 saturated heterocycles. The fourth-order valence-corrected chi connectivity index (χ4v) is 4.40. The molecule has 1 N–H and O–H groups in total. The van der Waals surface area contributed by atoms with Gasteiger partial charge >= 0.3 is 0 Å². The van der Waals surface area contributed by atoms with Crippen molar-refractivity contribution >= 4 is 33.7 Å². The highest BCUT2D eigenvalue weighted by Gasteiger charge is 2.20. The number of nitrogens with one attached hydrogen (secondary N) is 1. The van der Waals surface area contributed by atoms with E-state index in [9.17, 15) is 4.79 Å². The molecule has 0 aliphatic carbocycles. The first-order valence-electron chi connectivity index (χ1n) is 6.58. The number of fused-ring (bicyclic) bond motifs is 1. The highest BCUT2D eigenvalue weighted by atomic mass is 32.1. The highest BCUT2D eigenvalue weighted by molar-refractivity contribution is 7.16. The lowest BCUT2D eigenvalue weighted by molar-refractivity contribution is 0.102. The van der Waals surface area contributed by atoms with Gasteiger partial charge in [-0.1, -0.05) is 0 Å². The van der Waals surface area contributed by atoms with Gasteiger partial charge in [-0.2, -0.15) is 0 Å². The summed E-state index contributed by atoms with van der Waals surface area (Å²) in [6.45, 7) is 5.97. The summed E-state index contributed by atoms with van der Waals surface area (Å²) in [5.41, 5.74) is 1.90. The molecule has 0 saturated carbocycles. The standard InChI is InChI=1S/C14H17N3OS2/c1-8-6-10(9(2)19-8)13(18)16-14-15-11-4-5-17(3)7-12(11)20-14/h6H,4-5,7H2,1-3H3,(H,15,16,18). The molecule has 0 aromatic carbocycles. The van der Waals surface area contributed by atoms with Crippen LogP contribution in [0.5, 0.6) is 0 Å². The number of amides is 1. The Morgan fingerprint density at radius 1 is 1.40 bits per heavy atom. The minimum Gasteiger partial charge on any atom is -0.301 e. The van der Waals surface area contributed by atoms with E-state index in [1.165, 1.54) is 4.88 Å². The molecule has 0 atom stereocenters. The fourth-order valence-electron chi connectivity index (χ4n) is 2.40. The lowest BCUT2D eigenvalue weighted by Crippen LogP contribution is -2.25. The molecule has 1 aliphatic rings. The number of anilines is 1. The first-order valence-corrected chi connectivity index (χ1v) is 8.21. The molecule has 0 radical (unpaired) electrons. The van der Waals surface area contributed by atoms with Gasteiger partial charge in [0.15, 0.2) is 5.13 Å². The first kappa shape index (κ1) is 13.7. The number of aromatic nitrogens is 1. The van der Waals surface area contributed by atoms with Crippen molar-refractivity contribution in [2.24, 2.45) is 0 Å². The molecule has 2 aromatic rings. The van der Waals surface area contributed by atoms with Crippen LogP contribution in [0.2, 0.25) is 0 Å². The van der Waals surface area contributed by atoms with Crippen molar-refractivity contribution in [2.75, 3.05) is 18.9 Å². The Morgan fingerprint density at radius 3 is 2.90 bits per heavy atom. The van der Waals surface area contributed by atoms with Crippen molar-refractivity contribution in [3.05, 3.63) is 32.0 Å². The number of thiazole rings is 1. The normalized spacial score (nSPS) is 15.2. The molecule has 0 fully saturated rings.